The Hall–Kier alpha value is -1.86. The summed E-state index contributed by atoms with van der Waals surface area (Å²) in [6, 6.07) is 10.5. The van der Waals surface area contributed by atoms with Gasteiger partial charge in [-0.25, -0.2) is 8.42 Å². The highest BCUT2D eigenvalue weighted by Crippen LogP contribution is 2.38. The highest BCUT2D eigenvalue weighted by molar-refractivity contribution is 9.10. The molecule has 2 aliphatic rings. The number of amides is 1. The van der Waals surface area contributed by atoms with Gasteiger partial charge in [0.05, 0.1) is 5.69 Å². The number of aryl methyl sites for hydroxylation is 2. The molecule has 0 radical (unpaired) electrons. The van der Waals surface area contributed by atoms with E-state index in [2.05, 4.69) is 20.7 Å². The van der Waals surface area contributed by atoms with E-state index in [0.29, 0.717) is 23.0 Å². The van der Waals surface area contributed by atoms with Crippen LogP contribution in [0.3, 0.4) is 0 Å². The van der Waals surface area contributed by atoms with Crippen molar-refractivity contribution < 1.29 is 13.2 Å². The van der Waals surface area contributed by atoms with Crippen LogP contribution in [0, 0.1) is 0 Å². The van der Waals surface area contributed by atoms with E-state index in [1.807, 2.05) is 17.0 Å². The molecule has 0 unspecified atom stereocenters. The maximum atomic E-state index is 12.7. The minimum Gasteiger partial charge on any atom is -0.312 e. The van der Waals surface area contributed by atoms with Gasteiger partial charge in [0.1, 0.15) is 4.90 Å². The Bertz CT molecular complexity index is 955. The summed E-state index contributed by atoms with van der Waals surface area (Å²) >= 11 is 3.29. The van der Waals surface area contributed by atoms with Crippen molar-refractivity contribution in [1.82, 2.24) is 0 Å². The van der Waals surface area contributed by atoms with Crippen molar-refractivity contribution in [3.8, 4) is 0 Å². The van der Waals surface area contributed by atoms with Crippen LogP contribution < -0.4 is 9.62 Å². The third-order valence-electron chi connectivity index (χ3n) is 4.65. The van der Waals surface area contributed by atoms with Crippen molar-refractivity contribution in [2.45, 2.75) is 30.6 Å². The van der Waals surface area contributed by atoms with Crippen molar-refractivity contribution in [2.24, 2.45) is 0 Å². The maximum Gasteiger partial charge on any atom is 0.263 e. The number of benzene rings is 2. The van der Waals surface area contributed by atoms with Crippen molar-refractivity contribution in [3.63, 3.8) is 0 Å². The summed E-state index contributed by atoms with van der Waals surface area (Å²) in [5.74, 6) is 0.162. The summed E-state index contributed by atoms with van der Waals surface area (Å²) in [7, 11) is -3.68. The number of anilines is 2. The molecule has 0 spiro atoms. The zero-order chi connectivity index (χ0) is 17.6. The van der Waals surface area contributed by atoms with E-state index in [4.69, 9.17) is 0 Å². The average Bonchev–Trinajstić information content (AvgIpc) is 2.58. The molecule has 7 heteroatoms. The largest absolute Gasteiger partial charge is 0.312 e. The number of carbonyl (C=O) groups is 1. The fourth-order valence-electron chi connectivity index (χ4n) is 3.58. The van der Waals surface area contributed by atoms with Gasteiger partial charge in [0.2, 0.25) is 5.91 Å². The van der Waals surface area contributed by atoms with Gasteiger partial charge < -0.3 is 4.90 Å². The second-order valence-electron chi connectivity index (χ2n) is 6.33. The van der Waals surface area contributed by atoms with E-state index in [9.17, 15) is 13.2 Å². The van der Waals surface area contributed by atoms with Gasteiger partial charge in [-0.15, -0.1) is 0 Å². The molecule has 2 aromatic carbocycles. The summed E-state index contributed by atoms with van der Waals surface area (Å²) in [6.45, 7) is 0.751. The smallest absolute Gasteiger partial charge is 0.263 e. The fraction of sp³-hybridized carbons (Fsp3) is 0.278. The lowest BCUT2D eigenvalue weighted by Crippen LogP contribution is -2.39. The number of carbonyl (C=O) groups excluding carboxylic acids is 1. The minimum absolute atomic E-state index is 0.162. The normalized spacial score (nSPS) is 16.5. The lowest BCUT2D eigenvalue weighted by atomic mass is 9.91. The van der Waals surface area contributed by atoms with E-state index in [-0.39, 0.29) is 10.8 Å². The minimum atomic E-state index is -3.68. The quantitative estimate of drug-likeness (QED) is 0.826. The predicted octanol–water partition coefficient (Wildman–Crippen LogP) is 3.48. The number of nitrogens with one attached hydrogen (secondary N) is 1. The highest BCUT2D eigenvalue weighted by atomic mass is 79.9. The molecule has 0 fully saturated rings. The zero-order valence-electron chi connectivity index (χ0n) is 13.5. The Labute approximate surface area is 155 Å². The third-order valence-corrected chi connectivity index (χ3v) is 7.05. The van der Waals surface area contributed by atoms with Crippen molar-refractivity contribution in [2.75, 3.05) is 16.2 Å². The zero-order valence-corrected chi connectivity index (χ0v) is 15.9. The Balaban J connectivity index is 1.74. The van der Waals surface area contributed by atoms with Crippen LogP contribution in [-0.2, 0) is 27.7 Å². The second-order valence-corrected chi connectivity index (χ2v) is 8.83. The fourth-order valence-corrected chi connectivity index (χ4v) is 5.63. The van der Waals surface area contributed by atoms with Crippen LogP contribution in [0.15, 0.2) is 45.8 Å². The topological polar surface area (TPSA) is 66.5 Å². The van der Waals surface area contributed by atoms with Crippen molar-refractivity contribution >= 4 is 43.2 Å². The summed E-state index contributed by atoms with van der Waals surface area (Å²) < 4.78 is 28.6. The van der Waals surface area contributed by atoms with Gasteiger partial charge in [0.15, 0.2) is 0 Å². The van der Waals surface area contributed by atoms with Gasteiger partial charge in [-0.3, -0.25) is 9.52 Å². The maximum absolute atomic E-state index is 12.7. The van der Waals surface area contributed by atoms with Gasteiger partial charge >= 0.3 is 0 Å². The van der Waals surface area contributed by atoms with Crippen LogP contribution in [0.4, 0.5) is 11.4 Å². The molecule has 2 heterocycles. The molecule has 2 aliphatic heterocycles. The number of rotatable bonds is 3. The first-order valence-electron chi connectivity index (χ1n) is 8.19. The lowest BCUT2D eigenvalue weighted by Gasteiger charge is -2.35. The molecule has 0 atom stereocenters. The molecular weight excluding hydrogens is 404 g/mol. The number of halogens is 1. The molecule has 0 aliphatic carbocycles. The SMILES string of the molecule is O=C1CCc2cc(NS(=O)(=O)c3ccccc3Br)cc3c2N1CCC3. The molecule has 5 nitrogen and oxygen atoms in total. The van der Waals surface area contributed by atoms with Crippen LogP contribution in [0.2, 0.25) is 0 Å². The van der Waals surface area contributed by atoms with Crippen LogP contribution in [-0.4, -0.2) is 20.9 Å². The van der Waals surface area contributed by atoms with Crippen LogP contribution >= 0.6 is 15.9 Å². The van der Waals surface area contributed by atoms with E-state index >= 15 is 0 Å². The lowest BCUT2D eigenvalue weighted by molar-refractivity contribution is -0.119. The van der Waals surface area contributed by atoms with Gasteiger partial charge in [-0.2, -0.15) is 0 Å². The summed E-state index contributed by atoms with van der Waals surface area (Å²) in [6.07, 6.45) is 2.89. The molecular formula is C18H17BrN2O3S. The molecule has 4 rings (SSSR count). The summed E-state index contributed by atoms with van der Waals surface area (Å²) in [5.41, 5.74) is 3.63. The van der Waals surface area contributed by atoms with E-state index in [0.717, 1.165) is 36.2 Å². The van der Waals surface area contributed by atoms with Gasteiger partial charge in [0.25, 0.3) is 10.0 Å². The molecule has 1 amide bonds. The molecule has 0 saturated carbocycles. The number of nitrogens with zero attached hydrogens (tertiary/aromatic N) is 1. The standard InChI is InChI=1S/C18H17BrN2O3S/c19-15-5-1-2-6-16(15)25(23,24)20-14-10-12-4-3-9-21-17(22)8-7-13(11-14)18(12)21/h1-2,5-6,10-11,20H,3-4,7-9H2. The molecule has 1 N–H and O–H groups in total. The average molecular weight is 421 g/mol. The van der Waals surface area contributed by atoms with E-state index in [1.165, 1.54) is 0 Å². The molecule has 25 heavy (non-hydrogen) atoms. The number of hydrogen-bond donors (Lipinski definition) is 1. The first-order chi connectivity index (χ1) is 12.0. The van der Waals surface area contributed by atoms with Gasteiger partial charge in [-0.05, 0) is 70.6 Å². The first kappa shape index (κ1) is 16.6. The molecule has 0 aromatic heterocycles. The van der Waals surface area contributed by atoms with E-state index in [1.54, 1.807) is 24.3 Å². The Kier molecular flexibility index (Phi) is 4.08. The molecule has 0 saturated heterocycles. The summed E-state index contributed by atoms with van der Waals surface area (Å²) in [4.78, 5) is 14.2. The van der Waals surface area contributed by atoms with Crippen LogP contribution in [0.1, 0.15) is 24.0 Å². The van der Waals surface area contributed by atoms with E-state index < -0.39 is 10.0 Å². The second kappa shape index (κ2) is 6.14. The van der Waals surface area contributed by atoms with Crippen LogP contribution in [0.5, 0.6) is 0 Å². The highest BCUT2D eigenvalue weighted by Gasteiger charge is 2.30. The molecule has 130 valence electrons. The van der Waals surface area contributed by atoms with Gasteiger partial charge in [-0.1, -0.05) is 12.1 Å². The van der Waals surface area contributed by atoms with Crippen molar-refractivity contribution in [1.29, 1.82) is 0 Å². The van der Waals surface area contributed by atoms with Crippen molar-refractivity contribution in [3.05, 3.63) is 52.0 Å². The molecule has 2 aromatic rings. The monoisotopic (exact) mass is 420 g/mol. The Morgan fingerprint density at radius 3 is 2.52 bits per heavy atom. The molecule has 0 bridgehead atoms. The number of hydrogen-bond acceptors (Lipinski definition) is 3. The third kappa shape index (κ3) is 2.95. The van der Waals surface area contributed by atoms with Crippen LogP contribution in [0.25, 0.3) is 0 Å². The predicted molar refractivity (Wildman–Crippen MR) is 100 cm³/mol. The Morgan fingerprint density at radius 1 is 1.04 bits per heavy atom. The Morgan fingerprint density at radius 2 is 1.76 bits per heavy atom. The first-order valence-corrected chi connectivity index (χ1v) is 10.5. The van der Waals surface area contributed by atoms with Gasteiger partial charge in [0, 0.05) is 23.1 Å². The summed E-state index contributed by atoms with van der Waals surface area (Å²) in [5, 5.41) is 0. The number of sulfonamides is 1.